The third kappa shape index (κ3) is 5.83. The second-order valence-corrected chi connectivity index (χ2v) is 10.2. The minimum Gasteiger partial charge on any atom is -0.494 e. The summed E-state index contributed by atoms with van der Waals surface area (Å²) in [6.45, 7) is 5.13. The Hall–Kier alpha value is -4.95. The van der Waals surface area contributed by atoms with E-state index in [2.05, 4.69) is 33.2 Å². The number of nitriles is 1. The predicted octanol–water partition coefficient (Wildman–Crippen LogP) is 4.57. The first kappa shape index (κ1) is 27.6. The van der Waals surface area contributed by atoms with Gasteiger partial charge in [0.2, 0.25) is 11.9 Å². The van der Waals surface area contributed by atoms with Crippen LogP contribution in [0, 0.1) is 11.3 Å². The maximum absolute atomic E-state index is 12.3. The summed E-state index contributed by atoms with van der Waals surface area (Å²) in [5.41, 5.74) is 4.31. The Morgan fingerprint density at radius 1 is 1.20 bits per heavy atom. The summed E-state index contributed by atoms with van der Waals surface area (Å²) >= 11 is 0. The third-order valence-corrected chi connectivity index (χ3v) is 6.94. The van der Waals surface area contributed by atoms with Gasteiger partial charge in [-0.25, -0.2) is 9.97 Å². The molecule has 41 heavy (non-hydrogen) atoms. The highest BCUT2D eigenvalue weighted by atomic mass is 16.5. The van der Waals surface area contributed by atoms with Gasteiger partial charge in [0.05, 0.1) is 47.5 Å². The largest absolute Gasteiger partial charge is 0.494 e. The number of fused-ring (bicyclic) bond motifs is 1. The summed E-state index contributed by atoms with van der Waals surface area (Å²) in [6.07, 6.45) is 4.88. The molecular formula is C30H33N9O2. The van der Waals surface area contributed by atoms with Crippen molar-refractivity contribution in [3.8, 4) is 23.2 Å². The summed E-state index contributed by atoms with van der Waals surface area (Å²) in [5, 5.41) is 21.8. The molecule has 11 heteroatoms. The van der Waals surface area contributed by atoms with Crippen LogP contribution in [0.15, 0.2) is 55.3 Å². The number of nitrogens with zero attached hydrogens (tertiary/aromatic N) is 7. The molecule has 4 aromatic rings. The molecule has 0 bridgehead atoms. The Labute approximate surface area is 239 Å². The van der Waals surface area contributed by atoms with Gasteiger partial charge in [-0.2, -0.15) is 10.4 Å². The van der Waals surface area contributed by atoms with Gasteiger partial charge in [0.15, 0.2) is 0 Å². The van der Waals surface area contributed by atoms with Crippen LogP contribution >= 0.6 is 0 Å². The number of carbonyl (C=O) groups excluding carboxylic acids is 1. The van der Waals surface area contributed by atoms with Gasteiger partial charge in [-0.05, 0) is 45.1 Å². The highest BCUT2D eigenvalue weighted by Crippen LogP contribution is 2.41. The normalized spacial score (nSPS) is 12.7. The van der Waals surface area contributed by atoms with E-state index in [-0.39, 0.29) is 11.9 Å². The molecule has 1 saturated carbocycles. The van der Waals surface area contributed by atoms with E-state index in [0.29, 0.717) is 40.1 Å². The molecule has 1 amide bonds. The van der Waals surface area contributed by atoms with E-state index < -0.39 is 0 Å². The highest BCUT2D eigenvalue weighted by Gasteiger charge is 2.28. The van der Waals surface area contributed by atoms with Crippen LogP contribution in [0.4, 0.5) is 23.0 Å². The predicted molar refractivity (Wildman–Crippen MR) is 161 cm³/mol. The van der Waals surface area contributed by atoms with Gasteiger partial charge in [-0.15, -0.1) is 0 Å². The first-order valence-corrected chi connectivity index (χ1v) is 13.4. The Kier molecular flexibility index (Phi) is 7.85. The molecule has 11 nitrogen and oxygen atoms in total. The van der Waals surface area contributed by atoms with E-state index in [1.165, 1.54) is 12.3 Å². The number of methoxy groups -OCH3 is 1. The number of benzene rings is 2. The maximum atomic E-state index is 12.3. The van der Waals surface area contributed by atoms with E-state index in [1.54, 1.807) is 13.2 Å². The van der Waals surface area contributed by atoms with Gasteiger partial charge >= 0.3 is 0 Å². The summed E-state index contributed by atoms with van der Waals surface area (Å²) in [4.78, 5) is 25.6. The monoisotopic (exact) mass is 551 g/mol. The molecule has 0 saturated heterocycles. The van der Waals surface area contributed by atoms with E-state index in [0.717, 1.165) is 42.5 Å². The van der Waals surface area contributed by atoms with Crippen LogP contribution in [-0.2, 0) is 4.79 Å². The lowest BCUT2D eigenvalue weighted by Crippen LogP contribution is -2.29. The Balaban J connectivity index is 1.55. The lowest BCUT2D eigenvalue weighted by Gasteiger charge is -2.26. The van der Waals surface area contributed by atoms with Crippen molar-refractivity contribution in [2.45, 2.75) is 18.9 Å². The molecule has 0 aliphatic heterocycles. The number of carbonyl (C=O) groups is 1. The highest BCUT2D eigenvalue weighted by molar-refractivity contribution is 6.02. The number of hydrogen-bond donors (Lipinski definition) is 2. The van der Waals surface area contributed by atoms with Crippen LogP contribution in [0.1, 0.15) is 24.4 Å². The number of nitrogens with one attached hydrogen (secondary N) is 2. The van der Waals surface area contributed by atoms with Gasteiger partial charge in [0.25, 0.3) is 0 Å². The molecular weight excluding hydrogens is 518 g/mol. The van der Waals surface area contributed by atoms with Crippen molar-refractivity contribution in [2.75, 3.05) is 56.9 Å². The Morgan fingerprint density at radius 2 is 1.98 bits per heavy atom. The maximum Gasteiger partial charge on any atom is 0.247 e. The summed E-state index contributed by atoms with van der Waals surface area (Å²) in [7, 11) is 7.55. The Morgan fingerprint density at radius 3 is 2.66 bits per heavy atom. The lowest BCUT2D eigenvalue weighted by molar-refractivity contribution is -0.111. The number of likely N-dealkylation sites (N-methyl/N-ethyl adjacent to an activating group) is 2. The second-order valence-electron chi connectivity index (χ2n) is 10.2. The second kappa shape index (κ2) is 11.7. The molecule has 1 aliphatic rings. The molecule has 2 N–H and O–H groups in total. The third-order valence-electron chi connectivity index (χ3n) is 6.94. The number of amides is 1. The SMILES string of the molecule is C=CC(=O)Nc1cc(Nc2ncc(C#N)c(-c3nn(C4CC4)c4ccccc34)n2)c(OC)cc1N(C)CCN(C)C. The standard InChI is InChI=1S/C30H33N9O2/c1-6-27(40)33-22-15-23(26(41-5)16-25(22)38(4)14-13-37(2)3)34-30-32-18-19(17-31)28(35-30)29-21-9-7-8-10-24(21)39(36-29)20-11-12-20/h6-10,15-16,18,20H,1,11-14H2,2-5H3,(H,33,40)(H,32,34,35). The molecule has 1 fully saturated rings. The first-order valence-electron chi connectivity index (χ1n) is 13.4. The fraction of sp³-hybridized carbons (Fsp3) is 0.300. The summed E-state index contributed by atoms with van der Waals surface area (Å²) in [5.74, 6) is 0.460. The number of ether oxygens (including phenoxy) is 1. The molecule has 1 aliphatic carbocycles. The smallest absolute Gasteiger partial charge is 0.247 e. The number of rotatable bonds is 11. The fourth-order valence-electron chi connectivity index (χ4n) is 4.59. The van der Waals surface area contributed by atoms with Crippen LogP contribution < -0.4 is 20.3 Å². The molecule has 2 aromatic heterocycles. The minimum absolute atomic E-state index is 0.261. The molecule has 0 atom stereocenters. The van der Waals surface area contributed by atoms with Crippen LogP contribution in [0.25, 0.3) is 22.3 Å². The number of aromatic nitrogens is 4. The molecule has 2 aromatic carbocycles. The van der Waals surface area contributed by atoms with Crippen molar-refractivity contribution in [3.63, 3.8) is 0 Å². The zero-order valence-electron chi connectivity index (χ0n) is 23.7. The Bertz CT molecular complexity index is 1650. The molecule has 0 spiro atoms. The van der Waals surface area contributed by atoms with Gasteiger partial charge in [0.1, 0.15) is 23.2 Å². The molecule has 5 rings (SSSR count). The minimum atomic E-state index is -0.335. The zero-order chi connectivity index (χ0) is 29.1. The summed E-state index contributed by atoms with van der Waals surface area (Å²) in [6, 6.07) is 14.2. The molecule has 210 valence electrons. The molecule has 0 radical (unpaired) electrons. The molecule has 2 heterocycles. The van der Waals surface area contributed by atoms with E-state index in [4.69, 9.17) is 14.8 Å². The van der Waals surface area contributed by atoms with Gasteiger partial charge in [-0.1, -0.05) is 24.8 Å². The first-order chi connectivity index (χ1) is 19.8. The van der Waals surface area contributed by atoms with Gasteiger partial charge < -0.3 is 25.2 Å². The van der Waals surface area contributed by atoms with Crippen molar-refractivity contribution >= 4 is 39.8 Å². The average molecular weight is 552 g/mol. The van der Waals surface area contributed by atoms with Crippen molar-refractivity contribution in [1.29, 1.82) is 5.26 Å². The van der Waals surface area contributed by atoms with E-state index in [9.17, 15) is 10.1 Å². The lowest BCUT2D eigenvalue weighted by atomic mass is 10.1. The molecule has 0 unspecified atom stereocenters. The number of para-hydroxylation sites is 1. The van der Waals surface area contributed by atoms with Crippen molar-refractivity contribution in [1.82, 2.24) is 24.6 Å². The van der Waals surface area contributed by atoms with Crippen LogP contribution in [0.2, 0.25) is 0 Å². The topological polar surface area (TPSA) is 124 Å². The van der Waals surface area contributed by atoms with E-state index >= 15 is 0 Å². The van der Waals surface area contributed by atoms with Gasteiger partial charge in [-0.3, -0.25) is 9.48 Å². The average Bonchev–Trinajstić information content (AvgIpc) is 3.75. The van der Waals surface area contributed by atoms with Crippen LogP contribution in [0.3, 0.4) is 0 Å². The fourth-order valence-corrected chi connectivity index (χ4v) is 4.59. The number of anilines is 4. The van der Waals surface area contributed by atoms with Crippen molar-refractivity contribution in [2.24, 2.45) is 0 Å². The van der Waals surface area contributed by atoms with Crippen molar-refractivity contribution < 1.29 is 9.53 Å². The van der Waals surface area contributed by atoms with Crippen molar-refractivity contribution in [3.05, 3.63) is 60.8 Å². The quantitative estimate of drug-likeness (QED) is 0.258. The summed E-state index contributed by atoms with van der Waals surface area (Å²) < 4.78 is 7.75. The van der Waals surface area contributed by atoms with E-state index in [1.807, 2.05) is 61.1 Å². The van der Waals surface area contributed by atoms with Gasteiger partial charge in [0, 0.05) is 31.6 Å². The zero-order valence-corrected chi connectivity index (χ0v) is 23.7. The number of hydrogen-bond acceptors (Lipinski definition) is 9. The van der Waals surface area contributed by atoms with Crippen LogP contribution in [-0.4, -0.2) is 71.9 Å². The van der Waals surface area contributed by atoms with Crippen LogP contribution in [0.5, 0.6) is 5.75 Å².